The summed E-state index contributed by atoms with van der Waals surface area (Å²) >= 11 is 3.41. The van der Waals surface area contributed by atoms with Gasteiger partial charge in [-0.25, -0.2) is 0 Å². The number of ether oxygens (including phenoxy) is 1. The Kier molecular flexibility index (Phi) is 4.43. The minimum atomic E-state index is -0.883. The molecule has 1 saturated carbocycles. The van der Waals surface area contributed by atoms with Crippen molar-refractivity contribution in [3.05, 3.63) is 33.8 Å². The number of carboxylic acid groups (broad SMARTS) is 1. The summed E-state index contributed by atoms with van der Waals surface area (Å²) in [6, 6.07) is 5.82. The van der Waals surface area contributed by atoms with E-state index < -0.39 is 11.9 Å². The first-order valence-electron chi connectivity index (χ1n) is 7.62. The Morgan fingerprint density at radius 2 is 2.17 bits per heavy atom. The molecule has 0 bridgehead atoms. The lowest BCUT2D eigenvalue weighted by Crippen LogP contribution is -2.40. The number of aliphatic carboxylic acids is 1. The lowest BCUT2D eigenvalue weighted by atomic mass is 10.1. The molecule has 1 aliphatic carbocycles. The van der Waals surface area contributed by atoms with Gasteiger partial charge in [-0.2, -0.15) is 0 Å². The van der Waals surface area contributed by atoms with Crippen LogP contribution < -0.4 is 4.74 Å². The molecule has 1 aliphatic heterocycles. The minimum absolute atomic E-state index is 0.119. The number of fused-ring (bicyclic) bond motifs is 1. The highest BCUT2D eigenvalue weighted by Crippen LogP contribution is 2.33. The summed E-state index contributed by atoms with van der Waals surface area (Å²) in [5.74, 6) is -0.828. The minimum Gasteiger partial charge on any atom is -0.488 e. The maximum Gasteiger partial charge on any atom is 0.308 e. The lowest BCUT2D eigenvalue weighted by Gasteiger charge is -2.27. The molecule has 0 spiro atoms. The molecule has 0 saturated heterocycles. The summed E-state index contributed by atoms with van der Waals surface area (Å²) in [5.41, 5.74) is 1.43. The molecule has 5 nitrogen and oxygen atoms in total. The number of hydrogen-bond donors (Lipinski definition) is 1. The molecule has 1 N–H and O–H groups in total. The Morgan fingerprint density at radius 3 is 2.83 bits per heavy atom. The number of amides is 1. The van der Waals surface area contributed by atoms with E-state index in [1.54, 1.807) is 11.8 Å². The number of carbonyl (C=O) groups is 2. The highest BCUT2D eigenvalue weighted by Gasteiger charge is 2.36. The maximum atomic E-state index is 12.8. The van der Waals surface area contributed by atoms with Crippen molar-refractivity contribution >= 4 is 33.9 Å². The summed E-state index contributed by atoms with van der Waals surface area (Å²) in [7, 11) is 0. The van der Waals surface area contributed by atoms with Crippen molar-refractivity contribution in [1.82, 2.24) is 4.90 Å². The molecule has 1 unspecified atom stereocenters. The van der Waals surface area contributed by atoms with E-state index in [9.17, 15) is 9.59 Å². The zero-order valence-electron chi connectivity index (χ0n) is 12.8. The van der Waals surface area contributed by atoms with E-state index in [0.29, 0.717) is 5.57 Å². The van der Waals surface area contributed by atoms with Crippen molar-refractivity contribution in [2.45, 2.75) is 25.8 Å². The van der Waals surface area contributed by atoms with Gasteiger partial charge in [0, 0.05) is 22.6 Å². The Balaban J connectivity index is 1.82. The predicted octanol–water partition coefficient (Wildman–Crippen LogP) is 2.94. The van der Waals surface area contributed by atoms with Gasteiger partial charge in [-0.15, -0.1) is 0 Å². The van der Waals surface area contributed by atoms with Gasteiger partial charge in [0.15, 0.2) is 0 Å². The number of carboxylic acids is 1. The fraction of sp³-hybridized carbons (Fsp3) is 0.412. The second kappa shape index (κ2) is 6.35. The van der Waals surface area contributed by atoms with Crippen LogP contribution in [-0.4, -0.2) is 41.1 Å². The molecule has 1 aromatic rings. The molecule has 23 heavy (non-hydrogen) atoms. The van der Waals surface area contributed by atoms with Crippen molar-refractivity contribution in [3.63, 3.8) is 0 Å². The molecule has 6 heteroatoms. The van der Waals surface area contributed by atoms with Gasteiger partial charge in [0.2, 0.25) is 0 Å². The van der Waals surface area contributed by atoms with Crippen LogP contribution >= 0.6 is 15.9 Å². The van der Waals surface area contributed by atoms with Crippen molar-refractivity contribution in [1.29, 1.82) is 0 Å². The van der Waals surface area contributed by atoms with Crippen LogP contribution in [-0.2, 0) is 9.59 Å². The van der Waals surface area contributed by atoms with Crippen LogP contribution in [0, 0.1) is 5.92 Å². The zero-order chi connectivity index (χ0) is 16.6. The largest absolute Gasteiger partial charge is 0.488 e. The van der Waals surface area contributed by atoms with Crippen LogP contribution in [0.2, 0.25) is 0 Å². The number of hydrogen-bond acceptors (Lipinski definition) is 3. The van der Waals surface area contributed by atoms with Crippen molar-refractivity contribution in [2.24, 2.45) is 5.92 Å². The van der Waals surface area contributed by atoms with E-state index in [1.165, 1.54) is 0 Å². The molecule has 0 aromatic heterocycles. The molecule has 122 valence electrons. The third kappa shape index (κ3) is 3.58. The van der Waals surface area contributed by atoms with E-state index in [2.05, 4.69) is 15.9 Å². The smallest absolute Gasteiger partial charge is 0.308 e. The van der Waals surface area contributed by atoms with Crippen LogP contribution in [0.1, 0.15) is 25.3 Å². The monoisotopic (exact) mass is 379 g/mol. The number of halogens is 1. The predicted molar refractivity (Wildman–Crippen MR) is 89.1 cm³/mol. The molecular weight excluding hydrogens is 362 g/mol. The summed E-state index contributed by atoms with van der Waals surface area (Å²) in [6.45, 7) is 2.09. The topological polar surface area (TPSA) is 66.8 Å². The van der Waals surface area contributed by atoms with Crippen LogP contribution in [0.25, 0.3) is 6.08 Å². The van der Waals surface area contributed by atoms with Gasteiger partial charge in [-0.05, 0) is 37.1 Å². The number of nitrogens with zero attached hydrogens (tertiary/aromatic N) is 1. The quantitative estimate of drug-likeness (QED) is 0.853. The second-order valence-electron chi connectivity index (χ2n) is 6.07. The van der Waals surface area contributed by atoms with Gasteiger partial charge in [0.25, 0.3) is 5.91 Å². The van der Waals surface area contributed by atoms with Gasteiger partial charge in [-0.1, -0.05) is 22.9 Å². The molecule has 1 heterocycles. The van der Waals surface area contributed by atoms with E-state index in [-0.39, 0.29) is 25.1 Å². The van der Waals surface area contributed by atoms with Crippen LogP contribution in [0.4, 0.5) is 0 Å². The van der Waals surface area contributed by atoms with E-state index in [4.69, 9.17) is 9.84 Å². The van der Waals surface area contributed by atoms with Gasteiger partial charge in [0.05, 0.1) is 11.5 Å². The Morgan fingerprint density at radius 1 is 1.43 bits per heavy atom. The van der Waals surface area contributed by atoms with E-state index in [0.717, 1.165) is 28.6 Å². The maximum absolute atomic E-state index is 12.8. The molecular formula is C17H18BrNO4. The number of carbonyl (C=O) groups excluding carboxylic acids is 1. The highest BCUT2D eigenvalue weighted by molar-refractivity contribution is 9.10. The van der Waals surface area contributed by atoms with Crippen molar-refractivity contribution in [2.75, 3.05) is 13.2 Å². The third-order valence-corrected chi connectivity index (χ3v) is 4.59. The molecule has 1 amide bonds. The fourth-order valence-corrected chi connectivity index (χ4v) is 2.99. The van der Waals surface area contributed by atoms with Crippen molar-refractivity contribution in [3.8, 4) is 5.75 Å². The first-order chi connectivity index (χ1) is 11.0. The lowest BCUT2D eigenvalue weighted by molar-refractivity contribution is -0.142. The standard InChI is InChI=1S/C17H18BrNO4/c1-10(17(21)22)8-19(14-3-4-14)16(20)12-6-11-7-13(18)2-5-15(11)23-9-12/h2,5-7,10,14H,3-4,8-9H2,1H3,(H,21,22). The first-order valence-corrected chi connectivity index (χ1v) is 8.41. The van der Waals surface area contributed by atoms with Crippen molar-refractivity contribution < 1.29 is 19.4 Å². The Hall–Kier alpha value is -1.82. The highest BCUT2D eigenvalue weighted by atomic mass is 79.9. The summed E-state index contributed by atoms with van der Waals surface area (Å²) < 4.78 is 6.58. The van der Waals surface area contributed by atoms with Gasteiger partial charge < -0.3 is 14.7 Å². The Bertz CT molecular complexity index is 681. The summed E-state index contributed by atoms with van der Waals surface area (Å²) in [6.07, 6.45) is 3.72. The first kappa shape index (κ1) is 16.1. The molecule has 1 atom stereocenters. The second-order valence-corrected chi connectivity index (χ2v) is 6.98. The molecule has 0 radical (unpaired) electrons. The summed E-state index contributed by atoms with van der Waals surface area (Å²) in [5, 5.41) is 9.10. The molecule has 3 rings (SSSR count). The molecule has 1 aromatic carbocycles. The van der Waals surface area contributed by atoms with Gasteiger partial charge >= 0.3 is 5.97 Å². The normalized spacial score (nSPS) is 17.6. The van der Waals surface area contributed by atoms with E-state index >= 15 is 0 Å². The molecule has 2 aliphatic rings. The number of benzene rings is 1. The van der Waals surface area contributed by atoms with Gasteiger partial charge in [0.1, 0.15) is 12.4 Å². The number of rotatable bonds is 5. The van der Waals surface area contributed by atoms with E-state index in [1.807, 2.05) is 24.3 Å². The Labute approximate surface area is 143 Å². The average Bonchev–Trinajstić information content (AvgIpc) is 3.35. The fourth-order valence-electron chi connectivity index (χ4n) is 2.61. The zero-order valence-corrected chi connectivity index (χ0v) is 14.4. The van der Waals surface area contributed by atoms with Crippen LogP contribution in [0.15, 0.2) is 28.2 Å². The average molecular weight is 380 g/mol. The summed E-state index contributed by atoms with van der Waals surface area (Å²) in [4.78, 5) is 25.6. The van der Waals surface area contributed by atoms with Crippen LogP contribution in [0.5, 0.6) is 5.75 Å². The SMILES string of the molecule is CC(CN(C(=O)C1=Cc2cc(Br)ccc2OC1)C1CC1)C(=O)O. The van der Waals surface area contributed by atoms with Gasteiger partial charge in [-0.3, -0.25) is 9.59 Å². The van der Waals surface area contributed by atoms with Crippen LogP contribution in [0.3, 0.4) is 0 Å². The third-order valence-electron chi connectivity index (χ3n) is 4.10. The molecule has 1 fully saturated rings.